The predicted molar refractivity (Wildman–Crippen MR) is 44.0 cm³/mol. The average molecular weight is 188 g/mol. The summed E-state index contributed by atoms with van der Waals surface area (Å²) < 4.78 is 13.7. The van der Waals surface area contributed by atoms with Gasteiger partial charge in [-0.1, -0.05) is 6.58 Å². The predicted octanol–water partition coefficient (Wildman–Crippen LogP) is -0.0948. The second-order valence-corrected chi connectivity index (χ2v) is 2.03. The summed E-state index contributed by atoms with van der Waals surface area (Å²) in [7, 11) is 1.49. The smallest absolute Gasteiger partial charge is 0.344 e. The molecular weight excluding hydrogens is 176 g/mol. The number of esters is 2. The van der Waals surface area contributed by atoms with Gasteiger partial charge in [0.2, 0.25) is 0 Å². The van der Waals surface area contributed by atoms with E-state index in [1.54, 1.807) is 0 Å². The number of ether oxygens (including phenoxy) is 3. The van der Waals surface area contributed by atoms with Crippen molar-refractivity contribution >= 4 is 11.9 Å². The summed E-state index contributed by atoms with van der Waals surface area (Å²) in [5, 5.41) is 0. The van der Waals surface area contributed by atoms with Crippen LogP contribution in [0.5, 0.6) is 0 Å². The van der Waals surface area contributed by atoms with Crippen molar-refractivity contribution in [3.05, 3.63) is 12.7 Å². The fraction of sp³-hybridized carbons (Fsp3) is 0.500. The van der Waals surface area contributed by atoms with Crippen LogP contribution in [-0.4, -0.2) is 38.9 Å². The van der Waals surface area contributed by atoms with E-state index >= 15 is 0 Å². The first kappa shape index (κ1) is 11.6. The Morgan fingerprint density at radius 1 is 1.31 bits per heavy atom. The zero-order valence-electron chi connectivity index (χ0n) is 7.45. The summed E-state index contributed by atoms with van der Waals surface area (Å²) in [6.45, 7) is 3.25. The first-order valence-electron chi connectivity index (χ1n) is 3.64. The van der Waals surface area contributed by atoms with Gasteiger partial charge in [0.1, 0.15) is 6.61 Å². The Labute approximate surface area is 76.3 Å². The van der Waals surface area contributed by atoms with Gasteiger partial charge in [-0.2, -0.15) is 0 Å². The van der Waals surface area contributed by atoms with Crippen LogP contribution in [0.25, 0.3) is 0 Å². The third kappa shape index (κ3) is 7.02. The maximum Gasteiger partial charge on any atom is 0.344 e. The van der Waals surface area contributed by atoms with Crippen LogP contribution >= 0.6 is 0 Å². The largest absolute Gasteiger partial charge is 0.461 e. The highest BCUT2D eigenvalue weighted by atomic mass is 16.6. The molecule has 0 spiro atoms. The molecular formula is C8H12O5. The Hall–Kier alpha value is -1.36. The molecule has 5 heteroatoms. The quantitative estimate of drug-likeness (QED) is 0.331. The molecule has 0 unspecified atom stereocenters. The maximum atomic E-state index is 10.7. The Bertz CT molecular complexity index is 187. The number of rotatable bonds is 6. The minimum Gasteiger partial charge on any atom is -0.461 e. The van der Waals surface area contributed by atoms with Crippen molar-refractivity contribution in [1.29, 1.82) is 0 Å². The minimum atomic E-state index is -0.649. The summed E-state index contributed by atoms with van der Waals surface area (Å²) in [6.07, 6.45) is 0.975. The topological polar surface area (TPSA) is 61.8 Å². The van der Waals surface area contributed by atoms with Gasteiger partial charge in [0, 0.05) is 13.2 Å². The zero-order chi connectivity index (χ0) is 10.1. The van der Waals surface area contributed by atoms with Crippen LogP contribution in [0.1, 0.15) is 0 Å². The number of hydrogen-bond donors (Lipinski definition) is 0. The maximum absolute atomic E-state index is 10.7. The van der Waals surface area contributed by atoms with E-state index in [1.165, 1.54) is 7.11 Å². The lowest BCUT2D eigenvalue weighted by Crippen LogP contribution is -2.17. The minimum absolute atomic E-state index is 0.154. The molecule has 0 saturated carbocycles. The second kappa shape index (κ2) is 7.30. The van der Waals surface area contributed by atoms with Gasteiger partial charge in [0.05, 0.1) is 6.61 Å². The van der Waals surface area contributed by atoms with Gasteiger partial charge in [-0.15, -0.1) is 0 Å². The molecule has 0 aromatic rings. The van der Waals surface area contributed by atoms with E-state index in [4.69, 9.17) is 0 Å². The lowest BCUT2D eigenvalue weighted by atomic mass is 10.6. The van der Waals surface area contributed by atoms with Gasteiger partial charge in [-0.05, 0) is 0 Å². The molecule has 0 aromatic carbocycles. The number of methoxy groups -OCH3 is 1. The van der Waals surface area contributed by atoms with Crippen LogP contribution in [0.15, 0.2) is 12.7 Å². The molecule has 0 N–H and O–H groups in total. The SMILES string of the molecule is C=CC(=O)OCC(=O)OCCOC. The van der Waals surface area contributed by atoms with Crippen molar-refractivity contribution in [2.24, 2.45) is 0 Å². The fourth-order valence-electron chi connectivity index (χ4n) is 0.469. The summed E-state index contributed by atoms with van der Waals surface area (Å²) >= 11 is 0. The molecule has 0 bridgehead atoms. The van der Waals surface area contributed by atoms with Gasteiger partial charge in [0.25, 0.3) is 0 Å². The van der Waals surface area contributed by atoms with Crippen molar-refractivity contribution in [3.63, 3.8) is 0 Å². The van der Waals surface area contributed by atoms with Crippen LogP contribution in [-0.2, 0) is 23.8 Å². The van der Waals surface area contributed by atoms with Gasteiger partial charge in [-0.25, -0.2) is 9.59 Å². The van der Waals surface area contributed by atoms with Crippen LogP contribution in [0.2, 0.25) is 0 Å². The molecule has 0 rings (SSSR count). The number of carbonyl (C=O) groups is 2. The van der Waals surface area contributed by atoms with E-state index < -0.39 is 18.5 Å². The highest BCUT2D eigenvalue weighted by Gasteiger charge is 2.04. The van der Waals surface area contributed by atoms with Gasteiger partial charge in [-0.3, -0.25) is 0 Å². The lowest BCUT2D eigenvalue weighted by Gasteiger charge is -2.03. The monoisotopic (exact) mass is 188 g/mol. The molecule has 0 aliphatic heterocycles. The van der Waals surface area contributed by atoms with Crippen molar-refractivity contribution in [2.45, 2.75) is 0 Å². The summed E-state index contributed by atoms with van der Waals surface area (Å²) in [6, 6.07) is 0. The Morgan fingerprint density at radius 2 is 2.00 bits per heavy atom. The molecule has 0 heterocycles. The summed E-state index contributed by atoms with van der Waals surface area (Å²) in [4.78, 5) is 21.2. The van der Waals surface area contributed by atoms with E-state index in [2.05, 4.69) is 20.8 Å². The molecule has 0 atom stereocenters. The zero-order valence-corrected chi connectivity index (χ0v) is 7.45. The Morgan fingerprint density at radius 3 is 2.54 bits per heavy atom. The first-order valence-corrected chi connectivity index (χ1v) is 3.64. The Balaban J connectivity index is 3.40. The first-order chi connectivity index (χ1) is 6.20. The Kier molecular flexibility index (Phi) is 6.53. The standard InChI is InChI=1S/C8H12O5/c1-3-7(9)13-6-8(10)12-5-4-11-2/h3H,1,4-6H2,2H3. The van der Waals surface area contributed by atoms with Gasteiger partial charge < -0.3 is 14.2 Å². The van der Waals surface area contributed by atoms with E-state index in [1.807, 2.05) is 0 Å². The fourth-order valence-corrected chi connectivity index (χ4v) is 0.469. The molecule has 13 heavy (non-hydrogen) atoms. The van der Waals surface area contributed by atoms with E-state index in [9.17, 15) is 9.59 Å². The van der Waals surface area contributed by atoms with E-state index in [0.29, 0.717) is 6.61 Å². The number of hydrogen-bond acceptors (Lipinski definition) is 5. The van der Waals surface area contributed by atoms with E-state index in [-0.39, 0.29) is 6.61 Å². The van der Waals surface area contributed by atoms with E-state index in [0.717, 1.165) is 6.08 Å². The van der Waals surface area contributed by atoms with Crippen molar-refractivity contribution in [1.82, 2.24) is 0 Å². The molecule has 0 aliphatic carbocycles. The molecule has 0 radical (unpaired) electrons. The van der Waals surface area contributed by atoms with Crippen molar-refractivity contribution < 1.29 is 23.8 Å². The highest BCUT2D eigenvalue weighted by Crippen LogP contribution is 1.84. The third-order valence-corrected chi connectivity index (χ3v) is 1.05. The van der Waals surface area contributed by atoms with Crippen LogP contribution < -0.4 is 0 Å². The average Bonchev–Trinajstić information content (AvgIpc) is 2.14. The molecule has 0 saturated heterocycles. The lowest BCUT2D eigenvalue weighted by molar-refractivity contribution is -0.156. The van der Waals surface area contributed by atoms with Crippen LogP contribution in [0.4, 0.5) is 0 Å². The molecule has 0 amide bonds. The van der Waals surface area contributed by atoms with Crippen molar-refractivity contribution in [3.8, 4) is 0 Å². The molecule has 0 aliphatic rings. The molecule has 74 valence electrons. The van der Waals surface area contributed by atoms with Crippen LogP contribution in [0, 0.1) is 0 Å². The van der Waals surface area contributed by atoms with Crippen LogP contribution in [0.3, 0.4) is 0 Å². The molecule has 5 nitrogen and oxygen atoms in total. The highest BCUT2D eigenvalue weighted by molar-refractivity contribution is 5.83. The summed E-state index contributed by atoms with van der Waals surface area (Å²) in [5.74, 6) is -1.25. The second-order valence-electron chi connectivity index (χ2n) is 2.03. The number of carbonyl (C=O) groups excluding carboxylic acids is 2. The molecule has 0 fully saturated rings. The summed E-state index contributed by atoms with van der Waals surface area (Å²) in [5.41, 5.74) is 0. The normalized spacial score (nSPS) is 9.00. The molecule has 0 aromatic heterocycles. The third-order valence-electron chi connectivity index (χ3n) is 1.05. The van der Waals surface area contributed by atoms with Gasteiger partial charge in [0.15, 0.2) is 6.61 Å². The van der Waals surface area contributed by atoms with Gasteiger partial charge >= 0.3 is 11.9 Å². The van der Waals surface area contributed by atoms with Crippen molar-refractivity contribution in [2.75, 3.05) is 26.9 Å².